The summed E-state index contributed by atoms with van der Waals surface area (Å²) >= 11 is 0. The summed E-state index contributed by atoms with van der Waals surface area (Å²) in [5.74, 6) is 0. The van der Waals surface area contributed by atoms with Gasteiger partial charge in [-0.3, -0.25) is 9.97 Å². The van der Waals surface area contributed by atoms with Crippen molar-refractivity contribution < 1.29 is 0 Å². The predicted octanol–water partition coefficient (Wildman–Crippen LogP) is 5.94. The van der Waals surface area contributed by atoms with Gasteiger partial charge in [-0.2, -0.15) is 0 Å². The molecule has 0 unspecified atom stereocenters. The molecule has 2 nitrogen and oxygen atoms in total. The Labute approximate surface area is 156 Å². The Kier molecular flexibility index (Phi) is 6.10. The third-order valence-corrected chi connectivity index (χ3v) is 4.36. The Balaban J connectivity index is 1.63. The molecule has 0 aliphatic carbocycles. The van der Waals surface area contributed by atoms with Crippen LogP contribution >= 0.6 is 0 Å². The van der Waals surface area contributed by atoms with E-state index in [2.05, 4.69) is 84.5 Å². The molecule has 0 aliphatic heterocycles. The Morgan fingerprint density at radius 2 is 0.962 bits per heavy atom. The maximum Gasteiger partial charge on any atom is 0.0813 e. The van der Waals surface area contributed by atoms with Gasteiger partial charge in [0.1, 0.15) is 0 Å². The number of aromatic nitrogens is 2. The van der Waals surface area contributed by atoms with Gasteiger partial charge in [-0.1, -0.05) is 74.5 Å². The third kappa shape index (κ3) is 5.00. The molecule has 0 N–H and O–H groups in total. The van der Waals surface area contributed by atoms with Crippen LogP contribution < -0.4 is 0 Å². The monoisotopic (exact) mass is 340 g/mol. The molecule has 0 radical (unpaired) electrons. The van der Waals surface area contributed by atoms with Gasteiger partial charge in [0, 0.05) is 0 Å². The summed E-state index contributed by atoms with van der Waals surface area (Å²) in [6.07, 6.45) is 13.8. The summed E-state index contributed by atoms with van der Waals surface area (Å²) in [7, 11) is 0. The van der Waals surface area contributed by atoms with Crippen LogP contribution in [0.3, 0.4) is 0 Å². The average molecular weight is 340 g/mol. The van der Waals surface area contributed by atoms with Crippen molar-refractivity contribution in [3.05, 3.63) is 94.6 Å². The van der Waals surface area contributed by atoms with Crippen LogP contribution in [0, 0.1) is 0 Å². The number of hydrogen-bond donors (Lipinski definition) is 0. The second-order valence-electron chi connectivity index (χ2n) is 6.22. The largest absolute Gasteiger partial charge is 0.253 e. The fourth-order valence-electron chi connectivity index (χ4n) is 2.61. The van der Waals surface area contributed by atoms with Gasteiger partial charge in [0.15, 0.2) is 0 Å². The maximum absolute atomic E-state index is 4.47. The van der Waals surface area contributed by atoms with Crippen LogP contribution in [0.15, 0.2) is 60.9 Å². The zero-order valence-electron chi connectivity index (χ0n) is 15.4. The molecule has 0 amide bonds. The van der Waals surface area contributed by atoms with Gasteiger partial charge < -0.3 is 0 Å². The zero-order valence-corrected chi connectivity index (χ0v) is 15.4. The molecular formula is C24H24N2. The number of nitrogens with zero attached hydrogens (tertiary/aromatic N) is 2. The van der Waals surface area contributed by atoms with E-state index in [9.17, 15) is 0 Å². The van der Waals surface area contributed by atoms with Crippen molar-refractivity contribution in [1.29, 1.82) is 0 Å². The summed E-state index contributed by atoms with van der Waals surface area (Å²) in [4.78, 5) is 8.93. The molecule has 0 fully saturated rings. The predicted molar refractivity (Wildman–Crippen MR) is 112 cm³/mol. The molecule has 2 aromatic carbocycles. The van der Waals surface area contributed by atoms with Crippen LogP contribution in [0.2, 0.25) is 0 Å². The van der Waals surface area contributed by atoms with Gasteiger partial charge in [0.05, 0.1) is 23.8 Å². The van der Waals surface area contributed by atoms with Crippen molar-refractivity contribution in [3.63, 3.8) is 0 Å². The smallest absolute Gasteiger partial charge is 0.0813 e. The first-order valence-electron chi connectivity index (χ1n) is 9.13. The molecule has 0 spiro atoms. The van der Waals surface area contributed by atoms with E-state index >= 15 is 0 Å². The Morgan fingerprint density at radius 3 is 1.27 bits per heavy atom. The fraction of sp³-hybridized carbons (Fsp3) is 0.167. The van der Waals surface area contributed by atoms with E-state index in [1.165, 1.54) is 22.3 Å². The summed E-state index contributed by atoms with van der Waals surface area (Å²) in [6.45, 7) is 4.33. The molecule has 0 bridgehead atoms. The van der Waals surface area contributed by atoms with Gasteiger partial charge in [-0.05, 0) is 47.2 Å². The van der Waals surface area contributed by atoms with E-state index < -0.39 is 0 Å². The number of hydrogen-bond acceptors (Lipinski definition) is 2. The van der Waals surface area contributed by atoms with Gasteiger partial charge in [-0.25, -0.2) is 0 Å². The van der Waals surface area contributed by atoms with Crippen molar-refractivity contribution in [2.45, 2.75) is 26.7 Å². The first-order valence-corrected chi connectivity index (χ1v) is 9.13. The van der Waals surface area contributed by atoms with Crippen LogP contribution in [0.1, 0.15) is 47.5 Å². The van der Waals surface area contributed by atoms with Crippen LogP contribution in [0.5, 0.6) is 0 Å². The quantitative estimate of drug-likeness (QED) is 0.555. The molecular weight excluding hydrogens is 316 g/mol. The highest BCUT2D eigenvalue weighted by Gasteiger charge is 1.94. The molecule has 3 rings (SSSR count). The number of benzene rings is 2. The highest BCUT2D eigenvalue weighted by Crippen LogP contribution is 2.11. The highest BCUT2D eigenvalue weighted by atomic mass is 14.8. The van der Waals surface area contributed by atoms with Crippen molar-refractivity contribution in [1.82, 2.24) is 9.97 Å². The van der Waals surface area contributed by atoms with E-state index in [0.717, 1.165) is 24.2 Å². The van der Waals surface area contributed by atoms with E-state index in [1.807, 2.05) is 12.2 Å². The molecule has 0 saturated heterocycles. The molecule has 1 aromatic heterocycles. The third-order valence-electron chi connectivity index (χ3n) is 4.36. The minimum absolute atomic E-state index is 0.856. The van der Waals surface area contributed by atoms with Crippen molar-refractivity contribution in [2.24, 2.45) is 0 Å². The molecule has 0 saturated carbocycles. The molecule has 1 heterocycles. The topological polar surface area (TPSA) is 25.8 Å². The van der Waals surface area contributed by atoms with Gasteiger partial charge >= 0.3 is 0 Å². The fourth-order valence-corrected chi connectivity index (χ4v) is 2.61. The maximum atomic E-state index is 4.47. The molecule has 130 valence electrons. The Hall–Kier alpha value is -3.00. The van der Waals surface area contributed by atoms with Crippen LogP contribution in [0.25, 0.3) is 24.3 Å². The van der Waals surface area contributed by atoms with Crippen LogP contribution in [0.4, 0.5) is 0 Å². The van der Waals surface area contributed by atoms with E-state index in [-0.39, 0.29) is 0 Å². The molecule has 2 heteroatoms. The summed E-state index contributed by atoms with van der Waals surface area (Å²) in [5, 5.41) is 0. The van der Waals surface area contributed by atoms with Crippen molar-refractivity contribution >= 4 is 24.3 Å². The average Bonchev–Trinajstić information content (AvgIpc) is 2.72. The first kappa shape index (κ1) is 17.8. The molecule has 3 aromatic rings. The van der Waals surface area contributed by atoms with Crippen molar-refractivity contribution in [3.8, 4) is 0 Å². The molecule has 26 heavy (non-hydrogen) atoms. The normalized spacial score (nSPS) is 11.5. The van der Waals surface area contributed by atoms with Gasteiger partial charge in [0.25, 0.3) is 0 Å². The summed E-state index contributed by atoms with van der Waals surface area (Å²) < 4.78 is 0. The lowest BCUT2D eigenvalue weighted by Gasteiger charge is -1.99. The van der Waals surface area contributed by atoms with Gasteiger partial charge in [-0.15, -0.1) is 0 Å². The standard InChI is InChI=1S/C24H24N2/c1-3-19-5-9-21(10-6-19)13-15-23-17-26-24(18-25-23)16-14-22-11-7-20(4-2)8-12-22/h5-18H,3-4H2,1-2H3/b15-13+,16-14+. The summed E-state index contributed by atoms with van der Waals surface area (Å²) in [5.41, 5.74) is 6.75. The molecule has 0 aliphatic rings. The summed E-state index contributed by atoms with van der Waals surface area (Å²) in [6, 6.07) is 17.2. The second-order valence-corrected chi connectivity index (χ2v) is 6.22. The van der Waals surface area contributed by atoms with Gasteiger partial charge in [0.2, 0.25) is 0 Å². The second kappa shape index (κ2) is 8.91. The minimum Gasteiger partial charge on any atom is -0.253 e. The Morgan fingerprint density at radius 1 is 0.577 bits per heavy atom. The lowest BCUT2D eigenvalue weighted by atomic mass is 10.1. The molecule has 0 atom stereocenters. The lowest BCUT2D eigenvalue weighted by Crippen LogP contribution is -1.87. The highest BCUT2D eigenvalue weighted by molar-refractivity contribution is 5.69. The lowest BCUT2D eigenvalue weighted by molar-refractivity contribution is 1.14. The zero-order chi connectivity index (χ0) is 18.2. The van der Waals surface area contributed by atoms with E-state index in [1.54, 1.807) is 12.4 Å². The van der Waals surface area contributed by atoms with Crippen LogP contribution in [-0.4, -0.2) is 9.97 Å². The van der Waals surface area contributed by atoms with E-state index in [4.69, 9.17) is 0 Å². The van der Waals surface area contributed by atoms with E-state index in [0.29, 0.717) is 0 Å². The number of aryl methyl sites for hydroxylation is 2. The SMILES string of the molecule is CCc1ccc(/C=C/c2cnc(/C=C/c3ccc(CC)cc3)cn2)cc1. The van der Waals surface area contributed by atoms with Crippen molar-refractivity contribution in [2.75, 3.05) is 0 Å². The first-order chi connectivity index (χ1) is 12.8. The minimum atomic E-state index is 0.856. The number of rotatable bonds is 6. The van der Waals surface area contributed by atoms with Crippen LogP contribution in [-0.2, 0) is 12.8 Å². The Bertz CT molecular complexity index is 795.